The second-order valence-electron chi connectivity index (χ2n) is 10.1. The minimum atomic E-state index is -0.326. The molecule has 2 aromatic heterocycles. The van der Waals surface area contributed by atoms with E-state index in [0.29, 0.717) is 11.0 Å². The van der Waals surface area contributed by atoms with Crippen LogP contribution in [0.5, 0.6) is 0 Å². The normalized spacial score (nSPS) is 11.6. The van der Waals surface area contributed by atoms with Crippen molar-refractivity contribution in [2.75, 3.05) is 0 Å². The van der Waals surface area contributed by atoms with Crippen molar-refractivity contribution in [3.63, 3.8) is 0 Å². The van der Waals surface area contributed by atoms with Gasteiger partial charge in [-0.2, -0.15) is 0 Å². The maximum absolute atomic E-state index is 13.3. The first kappa shape index (κ1) is 22.6. The van der Waals surface area contributed by atoms with Crippen molar-refractivity contribution in [2.24, 2.45) is 0 Å². The van der Waals surface area contributed by atoms with Crippen LogP contribution >= 0.6 is 0 Å². The van der Waals surface area contributed by atoms with Gasteiger partial charge in [0.05, 0.1) is 21.8 Å². The molecule has 0 radical (unpaired) electrons. The Balaban J connectivity index is 1.60. The van der Waals surface area contributed by atoms with Crippen LogP contribution in [0.25, 0.3) is 71.5 Å². The summed E-state index contributed by atoms with van der Waals surface area (Å²) < 4.78 is 8.50. The van der Waals surface area contributed by atoms with E-state index in [0.717, 1.165) is 60.5 Å². The van der Waals surface area contributed by atoms with Crippen molar-refractivity contribution in [3.05, 3.63) is 150 Å². The van der Waals surface area contributed by atoms with Gasteiger partial charge < -0.3 is 8.98 Å². The molecule has 0 amide bonds. The van der Waals surface area contributed by atoms with Gasteiger partial charge in [-0.1, -0.05) is 109 Å². The molecule has 0 aliphatic rings. The second-order valence-corrected chi connectivity index (χ2v) is 10.1. The lowest BCUT2D eigenvalue weighted by Crippen LogP contribution is -2.02. The van der Waals surface area contributed by atoms with E-state index >= 15 is 0 Å². The summed E-state index contributed by atoms with van der Waals surface area (Å²) in [5.41, 5.74) is 7.69. The Morgan fingerprint density at radius 1 is 0.500 bits per heavy atom. The molecule has 3 nitrogen and oxygen atoms in total. The molecule has 0 fully saturated rings. The number of hydrogen-bond donors (Lipinski definition) is 0. The lowest BCUT2D eigenvalue weighted by atomic mass is 9.96. The van der Waals surface area contributed by atoms with Crippen LogP contribution in [0.3, 0.4) is 0 Å². The van der Waals surface area contributed by atoms with Crippen LogP contribution in [0.1, 0.15) is 0 Å². The summed E-state index contributed by atoms with van der Waals surface area (Å²) in [6, 6.07) is 47.7. The van der Waals surface area contributed by atoms with Crippen LogP contribution in [0.2, 0.25) is 0 Å². The van der Waals surface area contributed by atoms with Crippen molar-refractivity contribution in [1.82, 2.24) is 4.57 Å². The molecule has 0 aliphatic heterocycles. The summed E-state index contributed by atoms with van der Waals surface area (Å²) in [5, 5.41) is 4.67. The molecule has 8 aromatic rings. The van der Waals surface area contributed by atoms with Gasteiger partial charge in [0.2, 0.25) is 0 Å². The third-order valence-electron chi connectivity index (χ3n) is 7.82. The highest BCUT2D eigenvalue weighted by Gasteiger charge is 2.22. The predicted molar refractivity (Wildman–Crippen MR) is 165 cm³/mol. The molecule has 0 aliphatic carbocycles. The minimum absolute atomic E-state index is 0.326. The van der Waals surface area contributed by atoms with Gasteiger partial charge in [-0.25, -0.2) is 4.79 Å². The number of fused-ring (bicyclic) bond motifs is 7. The molecule has 0 N–H and O–H groups in total. The molecule has 40 heavy (non-hydrogen) atoms. The summed E-state index contributed by atoms with van der Waals surface area (Å²) in [5.74, 6) is 0. The van der Waals surface area contributed by atoms with Crippen molar-refractivity contribution in [1.29, 1.82) is 0 Å². The lowest BCUT2D eigenvalue weighted by molar-refractivity contribution is 0.571. The highest BCUT2D eigenvalue weighted by Crippen LogP contribution is 2.43. The molecule has 3 heteroatoms. The van der Waals surface area contributed by atoms with Gasteiger partial charge in [-0.3, -0.25) is 0 Å². The second kappa shape index (κ2) is 8.82. The number of benzene rings is 6. The van der Waals surface area contributed by atoms with Crippen LogP contribution < -0.4 is 5.63 Å². The Hall–Kier alpha value is -5.41. The summed E-state index contributed by atoms with van der Waals surface area (Å²) in [4.78, 5) is 13.3. The molecule has 0 unspecified atom stereocenters. The van der Waals surface area contributed by atoms with Crippen LogP contribution in [0.15, 0.2) is 149 Å². The molecule has 0 spiro atoms. The topological polar surface area (TPSA) is 35.1 Å². The van der Waals surface area contributed by atoms with Gasteiger partial charge in [0, 0.05) is 27.4 Å². The molecule has 0 atom stereocenters. The molecule has 188 valence electrons. The van der Waals surface area contributed by atoms with Crippen molar-refractivity contribution < 1.29 is 4.42 Å². The highest BCUT2D eigenvalue weighted by molar-refractivity contribution is 6.26. The third-order valence-corrected chi connectivity index (χ3v) is 7.82. The van der Waals surface area contributed by atoms with Crippen molar-refractivity contribution >= 4 is 43.5 Å². The van der Waals surface area contributed by atoms with Crippen molar-refractivity contribution in [2.45, 2.75) is 0 Å². The van der Waals surface area contributed by atoms with Crippen LogP contribution in [0, 0.1) is 0 Å². The Labute approximate surface area is 230 Å². The molecular weight excluding hydrogens is 490 g/mol. The maximum atomic E-state index is 13.3. The van der Waals surface area contributed by atoms with E-state index < -0.39 is 0 Å². The largest absolute Gasteiger partial charge is 0.422 e. The van der Waals surface area contributed by atoms with E-state index in [1.54, 1.807) is 0 Å². The summed E-state index contributed by atoms with van der Waals surface area (Å²) >= 11 is 0. The SMILES string of the molecule is O=c1oc2c(-c3ccccc3)cc3c4ccccc4n(-c4cccc(-c5ccccc5)c4)c3c2c2ccccc12. The first-order valence-corrected chi connectivity index (χ1v) is 13.4. The Morgan fingerprint density at radius 2 is 1.12 bits per heavy atom. The molecule has 6 aromatic carbocycles. The van der Waals surface area contributed by atoms with E-state index in [1.165, 1.54) is 0 Å². The molecular formula is C37H23NO2. The number of aromatic nitrogens is 1. The van der Waals surface area contributed by atoms with Crippen LogP contribution in [-0.2, 0) is 0 Å². The van der Waals surface area contributed by atoms with Gasteiger partial charge in [0.25, 0.3) is 0 Å². The maximum Gasteiger partial charge on any atom is 0.344 e. The fourth-order valence-electron chi connectivity index (χ4n) is 6.05. The van der Waals surface area contributed by atoms with E-state index in [1.807, 2.05) is 48.5 Å². The average Bonchev–Trinajstić information content (AvgIpc) is 3.36. The number of nitrogens with zero attached hydrogens (tertiary/aromatic N) is 1. The quantitative estimate of drug-likeness (QED) is 0.174. The van der Waals surface area contributed by atoms with E-state index in [9.17, 15) is 4.79 Å². The molecule has 0 saturated heterocycles. The number of para-hydroxylation sites is 1. The van der Waals surface area contributed by atoms with E-state index in [-0.39, 0.29) is 5.63 Å². The van der Waals surface area contributed by atoms with Gasteiger partial charge in [0.15, 0.2) is 0 Å². The number of hydrogen-bond acceptors (Lipinski definition) is 2. The zero-order valence-corrected chi connectivity index (χ0v) is 21.5. The van der Waals surface area contributed by atoms with Crippen LogP contribution in [-0.4, -0.2) is 4.57 Å². The van der Waals surface area contributed by atoms with Gasteiger partial charge in [0.1, 0.15) is 5.58 Å². The molecule has 8 rings (SSSR count). The highest BCUT2D eigenvalue weighted by atomic mass is 16.4. The summed E-state index contributed by atoms with van der Waals surface area (Å²) in [7, 11) is 0. The Kier molecular flexibility index (Phi) is 4.98. The van der Waals surface area contributed by atoms with E-state index in [4.69, 9.17) is 4.42 Å². The Morgan fingerprint density at radius 3 is 1.90 bits per heavy atom. The Bertz CT molecular complexity index is 2280. The molecule has 0 saturated carbocycles. The third kappa shape index (κ3) is 3.35. The average molecular weight is 514 g/mol. The number of rotatable bonds is 3. The summed E-state index contributed by atoms with van der Waals surface area (Å²) in [6.07, 6.45) is 0. The molecule has 0 bridgehead atoms. The summed E-state index contributed by atoms with van der Waals surface area (Å²) in [6.45, 7) is 0. The smallest absolute Gasteiger partial charge is 0.344 e. The van der Waals surface area contributed by atoms with Crippen LogP contribution in [0.4, 0.5) is 0 Å². The lowest BCUT2D eigenvalue weighted by Gasteiger charge is -2.14. The predicted octanol–water partition coefficient (Wildman–Crippen LogP) is 9.38. The fraction of sp³-hybridized carbons (Fsp3) is 0. The van der Waals surface area contributed by atoms with Gasteiger partial charge >= 0.3 is 5.63 Å². The zero-order valence-electron chi connectivity index (χ0n) is 21.5. The molecule has 2 heterocycles. The monoisotopic (exact) mass is 513 g/mol. The first-order valence-electron chi connectivity index (χ1n) is 13.4. The zero-order chi connectivity index (χ0) is 26.6. The van der Waals surface area contributed by atoms with Crippen molar-refractivity contribution in [3.8, 4) is 27.9 Å². The van der Waals surface area contributed by atoms with Gasteiger partial charge in [-0.15, -0.1) is 0 Å². The van der Waals surface area contributed by atoms with Gasteiger partial charge in [-0.05, 0) is 47.0 Å². The van der Waals surface area contributed by atoms with E-state index in [2.05, 4.69) is 95.6 Å². The first-order chi connectivity index (χ1) is 19.8. The fourth-order valence-corrected chi connectivity index (χ4v) is 6.05. The standard InChI is InChI=1S/C37H23NO2/c39-37-30-20-8-7-19-29(30)34-35-32(23-31(36(34)40-37)25-14-5-2-6-15-25)28-18-9-10-21-33(28)38(35)27-17-11-16-26(22-27)24-12-3-1-4-13-24/h1-23H. The minimum Gasteiger partial charge on any atom is -0.422 e.